The lowest BCUT2D eigenvalue weighted by Gasteiger charge is -2.07. The molecule has 0 aliphatic heterocycles. The summed E-state index contributed by atoms with van der Waals surface area (Å²) in [5.74, 6) is 0. The van der Waals surface area contributed by atoms with Crippen molar-refractivity contribution in [1.82, 2.24) is 0 Å². The molecule has 0 radical (unpaired) electrons. The molecule has 2 aromatic rings. The maximum Gasteiger partial charge on any atom is 0.155 e. The van der Waals surface area contributed by atoms with E-state index >= 15 is 0 Å². The van der Waals surface area contributed by atoms with Crippen molar-refractivity contribution >= 4 is 22.5 Å². The summed E-state index contributed by atoms with van der Waals surface area (Å²) < 4.78 is 0. The molecule has 0 heterocycles. The van der Waals surface area contributed by atoms with Crippen LogP contribution in [0.25, 0.3) is 5.70 Å². The molecular weight excluding hydrogens is 290 g/mol. The molecule has 0 bridgehead atoms. The Bertz CT molecular complexity index is 763. The topological polar surface area (TPSA) is 59.9 Å². The van der Waals surface area contributed by atoms with Crippen LogP contribution < -0.4 is 0 Å². The van der Waals surface area contributed by atoms with Gasteiger partial charge in [0.05, 0.1) is 0 Å². The van der Waals surface area contributed by atoms with E-state index in [4.69, 9.17) is 0 Å². The van der Waals surface area contributed by atoms with E-state index in [9.17, 15) is 10.5 Å². The third-order valence-corrected chi connectivity index (χ3v) is 3.65. The largest absolute Gasteiger partial charge is 0.239 e. The van der Waals surface area contributed by atoms with Crippen molar-refractivity contribution in [2.45, 2.75) is 0 Å². The Labute approximate surface area is 134 Å². The minimum absolute atomic E-state index is 0.00804. The smallest absolute Gasteiger partial charge is 0.155 e. The van der Waals surface area contributed by atoms with Gasteiger partial charge in [0.2, 0.25) is 0 Å². The van der Waals surface area contributed by atoms with E-state index < -0.39 is 0 Å². The van der Waals surface area contributed by atoms with Gasteiger partial charge >= 0.3 is 0 Å². The zero-order valence-corrected chi connectivity index (χ0v) is 12.8. The van der Waals surface area contributed by atoms with Crippen molar-refractivity contribution in [3.8, 4) is 12.1 Å². The Morgan fingerprint density at radius 3 is 1.82 bits per heavy atom. The summed E-state index contributed by atoms with van der Waals surface area (Å²) in [6, 6.07) is 22.9. The van der Waals surface area contributed by atoms with Crippen molar-refractivity contribution in [1.29, 1.82) is 10.5 Å². The molecule has 3 nitrogen and oxygen atoms in total. The monoisotopic (exact) mass is 303 g/mol. The lowest BCUT2D eigenvalue weighted by Crippen LogP contribution is -1.97. The Morgan fingerprint density at radius 1 is 0.864 bits per heavy atom. The second-order valence-electron chi connectivity index (χ2n) is 4.30. The first-order valence-corrected chi connectivity index (χ1v) is 7.80. The summed E-state index contributed by atoms with van der Waals surface area (Å²) in [7, 11) is 0. The highest BCUT2D eigenvalue weighted by molar-refractivity contribution is 8.13. The van der Waals surface area contributed by atoms with Gasteiger partial charge in [-0.2, -0.15) is 10.5 Å². The van der Waals surface area contributed by atoms with Gasteiger partial charge in [-0.15, -0.1) is 11.8 Å². The van der Waals surface area contributed by atoms with Crippen molar-refractivity contribution in [3.63, 3.8) is 0 Å². The van der Waals surface area contributed by atoms with Crippen LogP contribution in [0, 0.1) is 22.7 Å². The average molecular weight is 303 g/mol. The van der Waals surface area contributed by atoms with Gasteiger partial charge in [-0.25, -0.2) is 4.99 Å². The van der Waals surface area contributed by atoms with E-state index in [2.05, 4.69) is 4.99 Å². The molecule has 0 saturated carbocycles. The highest BCUT2D eigenvalue weighted by Gasteiger charge is 2.11. The van der Waals surface area contributed by atoms with E-state index in [0.717, 1.165) is 16.2 Å². The van der Waals surface area contributed by atoms with E-state index in [-0.39, 0.29) is 5.57 Å². The van der Waals surface area contributed by atoms with Crippen LogP contribution in [0.5, 0.6) is 0 Å². The molecule has 0 atom stereocenters. The maximum atomic E-state index is 9.21. The fourth-order valence-electron chi connectivity index (χ4n) is 1.90. The summed E-state index contributed by atoms with van der Waals surface area (Å²) >= 11 is 1.48. The highest BCUT2D eigenvalue weighted by atomic mass is 32.2. The first-order chi connectivity index (χ1) is 10.8. The predicted octanol–water partition coefficient (Wildman–Crippen LogP) is 4.25. The number of aliphatic imine (C=N–C) groups is 1. The van der Waals surface area contributed by atoms with Gasteiger partial charge in [0.15, 0.2) is 5.57 Å². The molecule has 22 heavy (non-hydrogen) atoms. The van der Waals surface area contributed by atoms with Crippen LogP contribution in [0.15, 0.2) is 71.2 Å². The lowest BCUT2D eigenvalue weighted by molar-refractivity contribution is 1.42. The van der Waals surface area contributed by atoms with Crippen LogP contribution in [0.1, 0.15) is 11.1 Å². The second kappa shape index (κ2) is 7.83. The zero-order valence-electron chi connectivity index (χ0n) is 12.0. The van der Waals surface area contributed by atoms with Crippen LogP contribution in [0.4, 0.5) is 0 Å². The number of allylic oxidation sites excluding steroid dienone is 1. The zero-order chi connectivity index (χ0) is 15.8. The number of nitrogens with zero attached hydrogens (tertiary/aromatic N) is 3. The molecule has 106 valence electrons. The fraction of sp³-hybridized carbons (Fsp3) is 0.0556. The minimum Gasteiger partial charge on any atom is -0.239 e. The molecule has 0 aliphatic rings. The Hall–Kier alpha value is -2.82. The summed E-state index contributed by atoms with van der Waals surface area (Å²) in [6.07, 6.45) is 1.92. The molecule has 2 rings (SSSR count). The first-order valence-electron chi connectivity index (χ1n) is 6.58. The van der Waals surface area contributed by atoms with Gasteiger partial charge in [0.1, 0.15) is 22.9 Å². The lowest BCUT2D eigenvalue weighted by atomic mass is 10.1. The van der Waals surface area contributed by atoms with Gasteiger partial charge in [0.25, 0.3) is 0 Å². The number of hydrogen-bond donors (Lipinski definition) is 0. The summed E-state index contributed by atoms with van der Waals surface area (Å²) in [5.41, 5.74) is 2.12. The summed E-state index contributed by atoms with van der Waals surface area (Å²) in [5, 5.41) is 19.2. The van der Waals surface area contributed by atoms with Crippen LogP contribution >= 0.6 is 11.8 Å². The molecule has 4 heteroatoms. The Morgan fingerprint density at radius 2 is 1.36 bits per heavy atom. The van der Waals surface area contributed by atoms with Crippen molar-refractivity contribution < 1.29 is 0 Å². The van der Waals surface area contributed by atoms with E-state index in [1.807, 2.05) is 79.1 Å². The molecule has 0 aliphatic carbocycles. The van der Waals surface area contributed by atoms with Gasteiger partial charge in [-0.05, 0) is 6.26 Å². The van der Waals surface area contributed by atoms with Gasteiger partial charge in [-0.1, -0.05) is 60.7 Å². The third-order valence-electron chi connectivity index (χ3n) is 2.94. The molecule has 0 amide bonds. The van der Waals surface area contributed by atoms with Crippen molar-refractivity contribution in [2.24, 2.45) is 4.99 Å². The summed E-state index contributed by atoms with van der Waals surface area (Å²) in [4.78, 5) is 4.59. The first kappa shape index (κ1) is 15.6. The van der Waals surface area contributed by atoms with Gasteiger partial charge < -0.3 is 0 Å². The number of nitriles is 2. The fourth-order valence-corrected chi connectivity index (χ4v) is 2.46. The number of thioether (sulfide) groups is 1. The maximum absolute atomic E-state index is 9.21. The second-order valence-corrected chi connectivity index (χ2v) is 5.10. The van der Waals surface area contributed by atoms with Gasteiger partial charge in [-0.3, -0.25) is 0 Å². The minimum atomic E-state index is 0.00804. The predicted molar refractivity (Wildman–Crippen MR) is 91.1 cm³/mol. The highest BCUT2D eigenvalue weighted by Crippen LogP contribution is 2.23. The molecular formula is C18H13N3S. The molecule has 0 saturated heterocycles. The van der Waals surface area contributed by atoms with Crippen molar-refractivity contribution in [3.05, 3.63) is 77.4 Å². The average Bonchev–Trinajstić information content (AvgIpc) is 2.60. The molecule has 0 aromatic heterocycles. The van der Waals surface area contributed by atoms with Crippen LogP contribution in [-0.4, -0.2) is 11.3 Å². The quantitative estimate of drug-likeness (QED) is 0.483. The Kier molecular flexibility index (Phi) is 5.54. The van der Waals surface area contributed by atoms with Crippen LogP contribution in [-0.2, 0) is 0 Å². The molecule has 0 N–H and O–H groups in total. The van der Waals surface area contributed by atoms with Crippen molar-refractivity contribution in [2.75, 3.05) is 6.26 Å². The number of rotatable bonds is 3. The van der Waals surface area contributed by atoms with E-state index in [1.54, 1.807) is 0 Å². The molecule has 0 fully saturated rings. The SMILES string of the molecule is CSC(=NC(=C(C#N)C#N)c1ccccc1)c1ccccc1. The Balaban J connectivity index is 2.61. The van der Waals surface area contributed by atoms with E-state index in [1.165, 1.54) is 11.8 Å². The number of benzene rings is 2. The standard InChI is InChI=1S/C18H13N3S/c1-22-18(15-10-6-3-7-11-15)21-17(16(12-19)13-20)14-8-4-2-5-9-14/h2-11H,1H3. The van der Waals surface area contributed by atoms with E-state index in [0.29, 0.717) is 5.70 Å². The number of hydrogen-bond acceptors (Lipinski definition) is 4. The molecule has 0 unspecified atom stereocenters. The van der Waals surface area contributed by atoms with Crippen LogP contribution in [0.2, 0.25) is 0 Å². The normalized spacial score (nSPS) is 10.4. The summed E-state index contributed by atoms with van der Waals surface area (Å²) in [6.45, 7) is 0. The third kappa shape index (κ3) is 3.63. The molecule has 2 aromatic carbocycles. The van der Waals surface area contributed by atoms with Gasteiger partial charge in [0, 0.05) is 11.1 Å². The van der Waals surface area contributed by atoms with Crippen LogP contribution in [0.3, 0.4) is 0 Å². The molecule has 0 spiro atoms.